The number of piperazine rings is 1. The number of imidazole rings is 1. The number of halogens is 1. The Morgan fingerprint density at radius 2 is 1.88 bits per heavy atom. The first-order valence-corrected chi connectivity index (χ1v) is 14.8. The van der Waals surface area contributed by atoms with Crippen molar-refractivity contribution >= 4 is 44.4 Å². The second kappa shape index (κ2) is 11.3. The third kappa shape index (κ3) is 5.40. The highest BCUT2D eigenvalue weighted by Crippen LogP contribution is 2.27. The van der Waals surface area contributed by atoms with E-state index in [1.165, 1.54) is 17.4 Å². The molecule has 216 valence electrons. The minimum absolute atomic E-state index is 0.128. The van der Waals surface area contributed by atoms with E-state index in [4.69, 9.17) is 19.4 Å². The van der Waals surface area contributed by atoms with Crippen molar-refractivity contribution in [3.63, 3.8) is 0 Å². The number of nitrogens with zero attached hydrogens (tertiary/aromatic N) is 6. The van der Waals surface area contributed by atoms with Crippen LogP contribution in [0.25, 0.3) is 21.3 Å². The van der Waals surface area contributed by atoms with Gasteiger partial charge in [0, 0.05) is 38.9 Å². The van der Waals surface area contributed by atoms with Crippen LogP contribution >= 0.6 is 11.3 Å². The number of benzene rings is 2. The molecule has 0 bridgehead atoms. The highest BCUT2D eigenvalue weighted by atomic mass is 32.1. The molecule has 2 fully saturated rings. The number of carboxylic acids is 1. The van der Waals surface area contributed by atoms with Crippen LogP contribution < -0.4 is 9.64 Å². The van der Waals surface area contributed by atoms with Crippen LogP contribution in [0.15, 0.2) is 54.6 Å². The second-order valence-electron chi connectivity index (χ2n) is 10.5. The molecular weight excluding hydrogens is 559 g/mol. The lowest BCUT2D eigenvalue weighted by molar-refractivity contribution is -0.0592. The average Bonchev–Trinajstić information content (AvgIpc) is 3.55. The quantitative estimate of drug-likeness (QED) is 0.265. The molecule has 0 spiro atoms. The number of pyridine rings is 1. The fourth-order valence-corrected chi connectivity index (χ4v) is 6.30. The summed E-state index contributed by atoms with van der Waals surface area (Å²) < 4.78 is 28.3. The molecule has 12 heteroatoms. The molecule has 3 aromatic heterocycles. The highest BCUT2D eigenvalue weighted by Gasteiger charge is 2.25. The summed E-state index contributed by atoms with van der Waals surface area (Å²) in [5.74, 6) is 1.05. The number of fused-ring (bicyclic) bond motifs is 2. The van der Waals surface area contributed by atoms with Crippen LogP contribution in [0.1, 0.15) is 27.6 Å². The summed E-state index contributed by atoms with van der Waals surface area (Å²) in [5, 5.41) is 10.2. The highest BCUT2D eigenvalue weighted by molar-refractivity contribution is 7.18. The van der Waals surface area contributed by atoms with Crippen LogP contribution in [-0.2, 0) is 24.4 Å². The van der Waals surface area contributed by atoms with Gasteiger partial charge in [-0.25, -0.2) is 19.2 Å². The Morgan fingerprint density at radius 3 is 2.64 bits per heavy atom. The zero-order valence-corrected chi connectivity index (χ0v) is 23.6. The minimum atomic E-state index is -0.947. The van der Waals surface area contributed by atoms with E-state index in [2.05, 4.69) is 19.4 Å². The van der Waals surface area contributed by atoms with E-state index in [0.29, 0.717) is 34.2 Å². The monoisotopic (exact) mass is 588 g/mol. The summed E-state index contributed by atoms with van der Waals surface area (Å²) in [4.78, 5) is 30.2. The van der Waals surface area contributed by atoms with Crippen molar-refractivity contribution in [2.24, 2.45) is 0 Å². The molecule has 2 aromatic carbocycles. The van der Waals surface area contributed by atoms with Crippen LogP contribution in [0.5, 0.6) is 5.88 Å². The first kappa shape index (κ1) is 26.7. The molecule has 0 unspecified atom stereocenters. The van der Waals surface area contributed by atoms with Crippen LogP contribution in [-0.4, -0.2) is 74.4 Å². The van der Waals surface area contributed by atoms with Gasteiger partial charge < -0.3 is 24.0 Å². The lowest BCUT2D eigenvalue weighted by Gasteiger charge is -2.35. The Morgan fingerprint density at radius 1 is 1.05 bits per heavy atom. The molecule has 2 aliphatic rings. The molecule has 1 atom stereocenters. The summed E-state index contributed by atoms with van der Waals surface area (Å²) in [6.07, 6.45) is 1.12. The summed E-state index contributed by atoms with van der Waals surface area (Å²) in [6, 6.07) is 15.7. The van der Waals surface area contributed by atoms with Crippen LogP contribution in [0.4, 0.5) is 10.2 Å². The first-order chi connectivity index (χ1) is 20.5. The van der Waals surface area contributed by atoms with Crippen LogP contribution in [0.2, 0.25) is 0 Å². The van der Waals surface area contributed by atoms with Crippen molar-refractivity contribution in [2.75, 3.05) is 37.7 Å². The zero-order valence-electron chi connectivity index (χ0n) is 22.8. The molecule has 5 aromatic rings. The minimum Gasteiger partial charge on any atom is -0.478 e. The smallest absolute Gasteiger partial charge is 0.335 e. The van der Waals surface area contributed by atoms with Crippen LogP contribution in [0, 0.1) is 5.82 Å². The lowest BCUT2D eigenvalue weighted by atomic mass is 10.1. The van der Waals surface area contributed by atoms with E-state index in [1.807, 2.05) is 18.2 Å². The van der Waals surface area contributed by atoms with Crippen molar-refractivity contribution < 1.29 is 23.8 Å². The molecule has 10 nitrogen and oxygen atoms in total. The largest absolute Gasteiger partial charge is 0.478 e. The Balaban J connectivity index is 1.00. The maximum atomic E-state index is 14.0. The second-order valence-corrected chi connectivity index (χ2v) is 11.6. The number of aromatic carboxylic acids is 1. The van der Waals surface area contributed by atoms with Gasteiger partial charge in [-0.15, -0.1) is 11.3 Å². The number of ether oxygens (including phenoxy) is 2. The molecule has 7 rings (SSSR count). The molecule has 42 heavy (non-hydrogen) atoms. The summed E-state index contributed by atoms with van der Waals surface area (Å²) in [6.45, 7) is 5.56. The Labute approximate surface area is 244 Å². The van der Waals surface area contributed by atoms with Gasteiger partial charge in [0.25, 0.3) is 0 Å². The zero-order chi connectivity index (χ0) is 28.6. The Kier molecular flexibility index (Phi) is 7.18. The third-order valence-electron chi connectivity index (χ3n) is 7.78. The number of carbonyl (C=O) groups is 1. The summed E-state index contributed by atoms with van der Waals surface area (Å²) in [7, 11) is 0. The fraction of sp³-hybridized carbons (Fsp3) is 0.333. The van der Waals surface area contributed by atoms with Gasteiger partial charge in [-0.2, -0.15) is 4.98 Å². The molecule has 2 aliphatic heterocycles. The summed E-state index contributed by atoms with van der Waals surface area (Å²) >= 11 is 1.29. The number of anilines is 1. The normalized spacial score (nSPS) is 17.5. The number of thiazole rings is 1. The van der Waals surface area contributed by atoms with Crippen LogP contribution in [0.3, 0.4) is 0 Å². The predicted molar refractivity (Wildman–Crippen MR) is 157 cm³/mol. The van der Waals surface area contributed by atoms with Gasteiger partial charge in [0.1, 0.15) is 29.1 Å². The molecule has 0 aliphatic carbocycles. The van der Waals surface area contributed by atoms with E-state index >= 15 is 0 Å². The molecular formula is C30H29FN6O4S. The van der Waals surface area contributed by atoms with Crippen molar-refractivity contribution in [1.29, 1.82) is 0 Å². The number of rotatable bonds is 9. The van der Waals surface area contributed by atoms with E-state index in [0.717, 1.165) is 61.9 Å². The van der Waals surface area contributed by atoms with Crippen molar-refractivity contribution in [1.82, 2.24) is 24.4 Å². The third-order valence-corrected chi connectivity index (χ3v) is 8.83. The van der Waals surface area contributed by atoms with Gasteiger partial charge in [-0.05, 0) is 42.8 Å². The van der Waals surface area contributed by atoms with Gasteiger partial charge in [-0.3, -0.25) is 4.90 Å². The van der Waals surface area contributed by atoms with Gasteiger partial charge in [0.15, 0.2) is 0 Å². The lowest BCUT2D eigenvalue weighted by Crippen LogP contribution is -2.46. The number of carboxylic acid groups (broad SMARTS) is 1. The first-order valence-electron chi connectivity index (χ1n) is 14.0. The number of aromatic nitrogens is 4. The Bertz CT molecular complexity index is 1760. The maximum Gasteiger partial charge on any atom is 0.335 e. The molecule has 0 radical (unpaired) electrons. The van der Waals surface area contributed by atoms with E-state index in [-0.39, 0.29) is 24.1 Å². The van der Waals surface area contributed by atoms with Gasteiger partial charge in [0.05, 0.1) is 46.0 Å². The number of hydrogen-bond acceptors (Lipinski definition) is 9. The fourth-order valence-electron chi connectivity index (χ4n) is 5.42. The molecule has 0 saturated carbocycles. The molecule has 5 heterocycles. The van der Waals surface area contributed by atoms with Crippen molar-refractivity contribution in [2.45, 2.75) is 32.2 Å². The van der Waals surface area contributed by atoms with E-state index in [9.17, 15) is 14.3 Å². The van der Waals surface area contributed by atoms with Gasteiger partial charge in [-0.1, -0.05) is 12.1 Å². The summed E-state index contributed by atoms with van der Waals surface area (Å²) in [5.41, 5.74) is 2.52. The standard InChI is InChI=1S/C30H29FN6O4S/c31-21-3-1-4-23-29(21)42-28(33-23)18-41-27-6-2-5-25(34-27)36-12-10-35(11-13-36)17-26-32-22-8-7-19(30(38)39)15-24(22)37(26)16-20-9-14-40-20/h1-8,15,20H,9-14,16-18H2,(H,38,39)/t20-/m0/s1. The van der Waals surface area contributed by atoms with Crippen molar-refractivity contribution in [3.8, 4) is 5.88 Å². The molecule has 2 saturated heterocycles. The van der Waals surface area contributed by atoms with E-state index < -0.39 is 5.97 Å². The predicted octanol–water partition coefficient (Wildman–Crippen LogP) is 4.57. The van der Waals surface area contributed by atoms with E-state index in [1.54, 1.807) is 30.3 Å². The molecule has 1 N–H and O–H groups in total. The Hall–Kier alpha value is -4.13. The maximum absolute atomic E-state index is 14.0. The van der Waals surface area contributed by atoms with Gasteiger partial charge >= 0.3 is 5.97 Å². The molecule has 0 amide bonds. The average molecular weight is 589 g/mol. The SMILES string of the molecule is O=C(O)c1ccc2nc(CN3CCN(c4cccc(OCc5nc6cccc(F)c6s5)n4)CC3)n(C[C@@H]3CCO3)c2c1. The van der Waals surface area contributed by atoms with Crippen molar-refractivity contribution in [3.05, 3.63) is 76.8 Å². The number of hydrogen-bond donors (Lipinski definition) is 1. The topological polar surface area (TPSA) is 106 Å². The van der Waals surface area contributed by atoms with Gasteiger partial charge in [0.2, 0.25) is 5.88 Å².